The molecule has 2 N–H and O–H groups in total. The van der Waals surface area contributed by atoms with Gasteiger partial charge in [-0.25, -0.2) is 13.6 Å². The third-order valence-corrected chi connectivity index (χ3v) is 3.03. The Labute approximate surface area is 115 Å². The number of carboxylic acids is 1. The number of nitrogens with one attached hydrogen (secondary N) is 1. The molecule has 2 rings (SSSR count). The summed E-state index contributed by atoms with van der Waals surface area (Å²) in [6, 6.07) is -1.04. The minimum absolute atomic E-state index is 0.0567. The number of benzene rings is 1. The van der Waals surface area contributed by atoms with E-state index in [4.69, 9.17) is 9.84 Å². The number of carbonyl (C=O) groups is 1. The second kappa shape index (κ2) is 5.57. The lowest BCUT2D eigenvalue weighted by Gasteiger charge is -2.34. The molecular weight excluding hydrogens is 301 g/mol. The first-order chi connectivity index (χ1) is 9.71. The Bertz CT molecular complexity index is 537. The van der Waals surface area contributed by atoms with E-state index in [9.17, 15) is 26.7 Å². The highest BCUT2D eigenvalue weighted by Gasteiger charge is 2.47. The maximum Gasteiger partial charge on any atom is 0.406 e. The molecule has 0 radical (unpaired) electrons. The molecule has 1 aliphatic heterocycles. The Kier molecular flexibility index (Phi) is 4.15. The molecule has 1 aliphatic rings. The molecule has 2 atom stereocenters. The van der Waals surface area contributed by atoms with Crippen molar-refractivity contribution in [3.05, 3.63) is 34.9 Å². The van der Waals surface area contributed by atoms with Crippen LogP contribution in [0.15, 0.2) is 12.1 Å². The number of rotatable bonds is 2. The molecule has 0 aliphatic carbocycles. The first-order valence-corrected chi connectivity index (χ1v) is 5.85. The van der Waals surface area contributed by atoms with Gasteiger partial charge in [-0.05, 0) is 17.7 Å². The minimum Gasteiger partial charge on any atom is -0.477 e. The molecule has 1 aromatic rings. The van der Waals surface area contributed by atoms with E-state index in [2.05, 4.69) is 5.32 Å². The molecule has 0 saturated carbocycles. The zero-order chi connectivity index (χ0) is 15.8. The predicted molar refractivity (Wildman–Crippen MR) is 59.9 cm³/mol. The molecule has 0 amide bonds. The fraction of sp³-hybridized carbons (Fsp3) is 0.417. The molecule has 9 heteroatoms. The Morgan fingerprint density at radius 1 is 1.29 bits per heavy atom. The van der Waals surface area contributed by atoms with Crippen LogP contribution in [0.3, 0.4) is 0 Å². The number of aromatic carboxylic acids is 1. The molecular formula is C12H10F5NO3. The third kappa shape index (κ3) is 3.13. The smallest absolute Gasteiger partial charge is 0.406 e. The van der Waals surface area contributed by atoms with Crippen molar-refractivity contribution in [2.45, 2.75) is 18.3 Å². The average Bonchev–Trinajstić information content (AvgIpc) is 2.36. The van der Waals surface area contributed by atoms with Crippen LogP contribution < -0.4 is 5.32 Å². The van der Waals surface area contributed by atoms with Gasteiger partial charge in [-0.3, -0.25) is 0 Å². The average molecular weight is 311 g/mol. The zero-order valence-electron chi connectivity index (χ0n) is 10.4. The fourth-order valence-electron chi connectivity index (χ4n) is 2.14. The lowest BCUT2D eigenvalue weighted by Crippen LogP contribution is -2.52. The van der Waals surface area contributed by atoms with E-state index in [1.165, 1.54) is 0 Å². The Morgan fingerprint density at radius 2 is 1.86 bits per heavy atom. The van der Waals surface area contributed by atoms with Crippen LogP contribution in [0.5, 0.6) is 0 Å². The Hall–Kier alpha value is -1.74. The highest BCUT2D eigenvalue weighted by molar-refractivity contribution is 5.88. The summed E-state index contributed by atoms with van der Waals surface area (Å²) in [7, 11) is 0. The summed E-state index contributed by atoms with van der Waals surface area (Å²) in [5.41, 5.74) is -1.63. The first-order valence-electron chi connectivity index (χ1n) is 5.85. The quantitative estimate of drug-likeness (QED) is 0.823. The summed E-state index contributed by atoms with van der Waals surface area (Å²) in [4.78, 5) is 10.7. The Balaban J connectivity index is 2.43. The van der Waals surface area contributed by atoms with Crippen molar-refractivity contribution in [2.75, 3.05) is 13.2 Å². The molecule has 2 unspecified atom stereocenters. The summed E-state index contributed by atoms with van der Waals surface area (Å²) in [6.45, 7) is -0.125. The van der Waals surface area contributed by atoms with E-state index >= 15 is 0 Å². The number of ether oxygens (including phenoxy) is 1. The molecule has 0 bridgehead atoms. The van der Waals surface area contributed by atoms with Crippen LogP contribution in [0.1, 0.15) is 22.0 Å². The number of morpholine rings is 1. The summed E-state index contributed by atoms with van der Waals surface area (Å²) < 4.78 is 70.7. The van der Waals surface area contributed by atoms with Gasteiger partial charge in [-0.1, -0.05) is 0 Å². The number of hydrogen-bond donors (Lipinski definition) is 2. The highest BCUT2D eigenvalue weighted by atomic mass is 19.4. The lowest BCUT2D eigenvalue weighted by molar-refractivity contribution is -0.197. The summed E-state index contributed by atoms with van der Waals surface area (Å²) in [6.07, 6.45) is -6.32. The first kappa shape index (κ1) is 15.6. The summed E-state index contributed by atoms with van der Waals surface area (Å²) in [5, 5.41) is 10.8. The van der Waals surface area contributed by atoms with Gasteiger partial charge in [-0.15, -0.1) is 0 Å². The standard InChI is InChI=1S/C12H10F5NO3/c13-6-3-5(4-7(14)8(6)11(19)20)9-10(12(15,16)17)18-1-2-21-9/h3-4,9-10,18H,1-2H2,(H,19,20). The van der Waals surface area contributed by atoms with E-state index in [1.807, 2.05) is 0 Å². The van der Waals surface area contributed by atoms with E-state index in [0.29, 0.717) is 12.1 Å². The van der Waals surface area contributed by atoms with Crippen molar-refractivity contribution in [3.8, 4) is 0 Å². The van der Waals surface area contributed by atoms with Gasteiger partial charge in [0.05, 0.1) is 6.61 Å². The molecule has 4 nitrogen and oxygen atoms in total. The monoisotopic (exact) mass is 311 g/mol. The third-order valence-electron chi connectivity index (χ3n) is 3.03. The number of alkyl halides is 3. The number of halogens is 5. The van der Waals surface area contributed by atoms with Crippen LogP contribution in [0, 0.1) is 11.6 Å². The predicted octanol–water partition coefficient (Wildman–Crippen LogP) is 2.25. The molecule has 1 heterocycles. The molecule has 0 aromatic heterocycles. The Morgan fingerprint density at radius 3 is 2.33 bits per heavy atom. The molecule has 1 aromatic carbocycles. The minimum atomic E-state index is -4.68. The van der Waals surface area contributed by atoms with Gasteiger partial charge < -0.3 is 15.2 Å². The van der Waals surface area contributed by atoms with Gasteiger partial charge in [0.25, 0.3) is 0 Å². The SMILES string of the molecule is O=C(O)c1c(F)cc(C2OCCNC2C(F)(F)F)cc1F. The molecule has 116 valence electrons. The number of hydrogen-bond acceptors (Lipinski definition) is 3. The molecule has 0 spiro atoms. The number of carboxylic acid groups (broad SMARTS) is 1. The topological polar surface area (TPSA) is 58.6 Å². The largest absolute Gasteiger partial charge is 0.477 e. The molecule has 1 saturated heterocycles. The van der Waals surface area contributed by atoms with Crippen LogP contribution in [0.25, 0.3) is 0 Å². The molecule has 21 heavy (non-hydrogen) atoms. The molecule has 1 fully saturated rings. The zero-order valence-corrected chi connectivity index (χ0v) is 10.4. The van der Waals surface area contributed by atoms with Gasteiger partial charge >= 0.3 is 12.1 Å². The van der Waals surface area contributed by atoms with Gasteiger partial charge in [0.2, 0.25) is 0 Å². The second-order valence-electron chi connectivity index (χ2n) is 4.43. The normalized spacial score (nSPS) is 23.1. The van der Waals surface area contributed by atoms with Crippen LogP contribution in [0.4, 0.5) is 22.0 Å². The van der Waals surface area contributed by atoms with Crippen LogP contribution in [0.2, 0.25) is 0 Å². The summed E-state index contributed by atoms with van der Waals surface area (Å²) >= 11 is 0. The van der Waals surface area contributed by atoms with Crippen molar-refractivity contribution in [1.29, 1.82) is 0 Å². The van der Waals surface area contributed by atoms with E-state index in [1.54, 1.807) is 0 Å². The van der Waals surface area contributed by atoms with Crippen molar-refractivity contribution in [2.24, 2.45) is 0 Å². The van der Waals surface area contributed by atoms with Gasteiger partial charge in [0.15, 0.2) is 0 Å². The van der Waals surface area contributed by atoms with Crippen molar-refractivity contribution >= 4 is 5.97 Å². The van der Waals surface area contributed by atoms with Gasteiger partial charge in [0.1, 0.15) is 29.3 Å². The maximum atomic E-state index is 13.6. The van der Waals surface area contributed by atoms with Gasteiger partial charge in [-0.2, -0.15) is 13.2 Å². The van der Waals surface area contributed by atoms with Crippen LogP contribution >= 0.6 is 0 Å². The summed E-state index contributed by atoms with van der Waals surface area (Å²) in [5.74, 6) is -4.74. The maximum absolute atomic E-state index is 13.6. The van der Waals surface area contributed by atoms with Crippen molar-refractivity contribution in [1.82, 2.24) is 5.32 Å². The van der Waals surface area contributed by atoms with Crippen LogP contribution in [-0.4, -0.2) is 36.4 Å². The highest BCUT2D eigenvalue weighted by Crippen LogP contribution is 2.35. The van der Waals surface area contributed by atoms with Crippen molar-refractivity contribution < 1.29 is 36.6 Å². The fourth-order valence-corrected chi connectivity index (χ4v) is 2.14. The van der Waals surface area contributed by atoms with E-state index < -0.39 is 47.1 Å². The van der Waals surface area contributed by atoms with Crippen molar-refractivity contribution in [3.63, 3.8) is 0 Å². The lowest BCUT2D eigenvalue weighted by atomic mass is 9.98. The van der Waals surface area contributed by atoms with E-state index in [-0.39, 0.29) is 13.2 Å². The van der Waals surface area contributed by atoms with Gasteiger partial charge in [0, 0.05) is 6.54 Å². The van der Waals surface area contributed by atoms with E-state index in [0.717, 1.165) is 0 Å². The second-order valence-corrected chi connectivity index (χ2v) is 4.43. The van der Waals surface area contributed by atoms with Crippen LogP contribution in [-0.2, 0) is 4.74 Å².